The number of anilines is 1. The summed E-state index contributed by atoms with van der Waals surface area (Å²) in [6.07, 6.45) is 0. The minimum Gasteiger partial charge on any atom is -0.368 e. The van der Waals surface area contributed by atoms with Crippen LogP contribution in [0.4, 0.5) is 5.69 Å². The minimum absolute atomic E-state index is 0.987. The third-order valence-corrected chi connectivity index (χ3v) is 3.93. The average molecular weight is 260 g/mol. The summed E-state index contributed by atoms with van der Waals surface area (Å²) < 4.78 is 0. The molecule has 0 radical (unpaired) electrons. The molecule has 1 saturated heterocycles. The number of benzene rings is 1. The van der Waals surface area contributed by atoms with Crippen molar-refractivity contribution in [2.24, 2.45) is 4.99 Å². The van der Waals surface area contributed by atoms with Gasteiger partial charge in [-0.15, -0.1) is 0 Å². The summed E-state index contributed by atoms with van der Waals surface area (Å²) in [5.74, 6) is 0.987. The Balaban J connectivity index is 2.06. The Labute approximate surface area is 116 Å². The van der Waals surface area contributed by atoms with Gasteiger partial charge in [-0.05, 0) is 31.0 Å². The molecule has 2 rings (SSSR count). The highest BCUT2D eigenvalue weighted by Crippen LogP contribution is 2.23. The second-order valence-corrected chi connectivity index (χ2v) is 4.99. The van der Waals surface area contributed by atoms with Crippen molar-refractivity contribution in [2.45, 2.75) is 13.8 Å². The fourth-order valence-corrected chi connectivity index (χ4v) is 2.65. The Morgan fingerprint density at radius 1 is 1.16 bits per heavy atom. The largest absolute Gasteiger partial charge is 0.368 e. The number of nitrogens with zero attached hydrogens (tertiary/aromatic N) is 3. The highest BCUT2D eigenvalue weighted by molar-refractivity contribution is 5.79. The zero-order chi connectivity index (χ0) is 13.8. The molecule has 0 aliphatic carbocycles. The van der Waals surface area contributed by atoms with Crippen LogP contribution in [0, 0.1) is 13.8 Å². The average Bonchev–Trinajstić information content (AvgIpc) is 2.44. The zero-order valence-electron chi connectivity index (χ0n) is 12.4. The fourth-order valence-electron chi connectivity index (χ4n) is 2.65. The maximum absolute atomic E-state index is 4.27. The highest BCUT2D eigenvalue weighted by Gasteiger charge is 2.20. The number of nitrogens with one attached hydrogen (secondary N) is 1. The van der Waals surface area contributed by atoms with E-state index < -0.39 is 0 Å². The van der Waals surface area contributed by atoms with Crippen LogP contribution in [0.15, 0.2) is 23.2 Å². The molecule has 4 heteroatoms. The molecule has 4 nitrogen and oxygen atoms in total. The number of rotatable bonds is 1. The number of aryl methyl sites for hydroxylation is 1. The van der Waals surface area contributed by atoms with Crippen molar-refractivity contribution in [3.63, 3.8) is 0 Å². The Morgan fingerprint density at radius 3 is 2.42 bits per heavy atom. The molecule has 0 saturated carbocycles. The molecular formula is C15H24N4. The van der Waals surface area contributed by atoms with Crippen LogP contribution in [0.25, 0.3) is 0 Å². The second kappa shape index (κ2) is 5.95. The van der Waals surface area contributed by atoms with E-state index in [0.717, 1.165) is 32.1 Å². The Kier molecular flexibility index (Phi) is 4.30. The molecule has 1 heterocycles. The monoisotopic (exact) mass is 260 g/mol. The van der Waals surface area contributed by atoms with Crippen LogP contribution in [-0.4, -0.2) is 51.1 Å². The van der Waals surface area contributed by atoms with E-state index in [0.29, 0.717) is 0 Å². The summed E-state index contributed by atoms with van der Waals surface area (Å²) in [6, 6.07) is 6.55. The fraction of sp³-hybridized carbons (Fsp3) is 0.533. The molecule has 0 aromatic heterocycles. The van der Waals surface area contributed by atoms with Crippen LogP contribution in [0.3, 0.4) is 0 Å². The first-order valence-electron chi connectivity index (χ1n) is 6.88. The van der Waals surface area contributed by atoms with Gasteiger partial charge in [-0.1, -0.05) is 12.1 Å². The van der Waals surface area contributed by atoms with Crippen molar-refractivity contribution in [2.75, 3.05) is 45.2 Å². The van der Waals surface area contributed by atoms with Crippen molar-refractivity contribution >= 4 is 11.6 Å². The number of hydrogen-bond donors (Lipinski definition) is 1. The lowest BCUT2D eigenvalue weighted by Gasteiger charge is -2.38. The molecule has 0 atom stereocenters. The van der Waals surface area contributed by atoms with Crippen molar-refractivity contribution in [1.82, 2.24) is 10.2 Å². The number of piperazine rings is 1. The first kappa shape index (κ1) is 13.7. The first-order valence-corrected chi connectivity index (χ1v) is 6.88. The normalized spacial score (nSPS) is 16.7. The summed E-state index contributed by atoms with van der Waals surface area (Å²) in [6.45, 7) is 8.51. The number of aliphatic imine (C=N–C) groups is 1. The van der Waals surface area contributed by atoms with Crippen LogP contribution in [-0.2, 0) is 0 Å². The third kappa shape index (κ3) is 2.83. The van der Waals surface area contributed by atoms with Crippen molar-refractivity contribution in [1.29, 1.82) is 0 Å². The first-order chi connectivity index (χ1) is 9.17. The Bertz CT molecular complexity index is 459. The van der Waals surface area contributed by atoms with E-state index in [1.54, 1.807) is 0 Å². The minimum atomic E-state index is 0.987. The predicted molar refractivity (Wildman–Crippen MR) is 82.1 cm³/mol. The van der Waals surface area contributed by atoms with E-state index in [1.807, 2.05) is 14.1 Å². The molecule has 1 aromatic rings. The van der Waals surface area contributed by atoms with Crippen LogP contribution < -0.4 is 10.2 Å². The molecule has 1 aromatic carbocycles. The summed E-state index contributed by atoms with van der Waals surface area (Å²) in [5, 5.41) is 3.15. The molecule has 0 unspecified atom stereocenters. The number of guanidine groups is 1. The van der Waals surface area contributed by atoms with Crippen LogP contribution in [0.5, 0.6) is 0 Å². The molecule has 1 aliphatic heterocycles. The molecular weight excluding hydrogens is 236 g/mol. The predicted octanol–water partition coefficient (Wildman–Crippen LogP) is 1.63. The van der Waals surface area contributed by atoms with Crippen molar-refractivity contribution < 1.29 is 0 Å². The van der Waals surface area contributed by atoms with E-state index >= 15 is 0 Å². The van der Waals surface area contributed by atoms with E-state index in [2.05, 4.69) is 52.2 Å². The Morgan fingerprint density at radius 2 is 1.84 bits per heavy atom. The maximum Gasteiger partial charge on any atom is 0.193 e. The summed E-state index contributed by atoms with van der Waals surface area (Å²) in [4.78, 5) is 9.05. The van der Waals surface area contributed by atoms with Crippen molar-refractivity contribution in [3.8, 4) is 0 Å². The molecule has 1 aliphatic rings. The van der Waals surface area contributed by atoms with Gasteiger partial charge in [0.2, 0.25) is 0 Å². The molecule has 19 heavy (non-hydrogen) atoms. The SMILES string of the molecule is CN=C(NC)N1CCN(c2cccc(C)c2C)CC1. The van der Waals surface area contributed by atoms with Crippen molar-refractivity contribution in [3.05, 3.63) is 29.3 Å². The van der Waals surface area contributed by atoms with Gasteiger partial charge in [0.05, 0.1) is 0 Å². The molecule has 0 bridgehead atoms. The summed E-state index contributed by atoms with van der Waals surface area (Å²) >= 11 is 0. The smallest absolute Gasteiger partial charge is 0.193 e. The lowest BCUT2D eigenvalue weighted by Crippen LogP contribution is -2.52. The van der Waals surface area contributed by atoms with E-state index in [9.17, 15) is 0 Å². The lowest BCUT2D eigenvalue weighted by molar-refractivity contribution is 0.375. The lowest BCUT2D eigenvalue weighted by atomic mass is 10.1. The number of hydrogen-bond acceptors (Lipinski definition) is 2. The second-order valence-electron chi connectivity index (χ2n) is 4.99. The van der Waals surface area contributed by atoms with Gasteiger partial charge in [-0.2, -0.15) is 0 Å². The maximum atomic E-state index is 4.27. The molecule has 0 amide bonds. The highest BCUT2D eigenvalue weighted by atomic mass is 15.3. The van der Waals surface area contributed by atoms with Gasteiger partial charge in [0.25, 0.3) is 0 Å². The van der Waals surface area contributed by atoms with E-state index in [4.69, 9.17) is 0 Å². The van der Waals surface area contributed by atoms with Gasteiger partial charge in [0, 0.05) is 46.0 Å². The van der Waals surface area contributed by atoms with Gasteiger partial charge in [-0.3, -0.25) is 4.99 Å². The van der Waals surface area contributed by atoms with Crippen LogP contribution in [0.2, 0.25) is 0 Å². The Hall–Kier alpha value is -1.71. The van der Waals surface area contributed by atoms with Gasteiger partial charge in [0.15, 0.2) is 5.96 Å². The zero-order valence-corrected chi connectivity index (χ0v) is 12.4. The van der Waals surface area contributed by atoms with Gasteiger partial charge < -0.3 is 15.1 Å². The molecule has 0 spiro atoms. The third-order valence-electron chi connectivity index (χ3n) is 3.93. The molecule has 1 N–H and O–H groups in total. The van der Waals surface area contributed by atoms with Crippen LogP contribution in [0.1, 0.15) is 11.1 Å². The summed E-state index contributed by atoms with van der Waals surface area (Å²) in [7, 11) is 3.77. The van der Waals surface area contributed by atoms with E-state index in [-0.39, 0.29) is 0 Å². The van der Waals surface area contributed by atoms with Gasteiger partial charge in [-0.25, -0.2) is 0 Å². The van der Waals surface area contributed by atoms with Crippen LogP contribution >= 0.6 is 0 Å². The standard InChI is InChI=1S/C15H24N4/c1-12-6-5-7-14(13(12)2)18-8-10-19(11-9-18)15(16-3)17-4/h5-7H,8-11H2,1-4H3,(H,16,17). The van der Waals surface area contributed by atoms with Gasteiger partial charge >= 0.3 is 0 Å². The summed E-state index contributed by atoms with van der Waals surface area (Å²) in [5.41, 5.74) is 4.14. The van der Waals surface area contributed by atoms with E-state index in [1.165, 1.54) is 16.8 Å². The molecule has 104 valence electrons. The topological polar surface area (TPSA) is 30.9 Å². The quantitative estimate of drug-likeness (QED) is 0.615. The van der Waals surface area contributed by atoms with Gasteiger partial charge in [0.1, 0.15) is 0 Å². The molecule has 1 fully saturated rings.